The van der Waals surface area contributed by atoms with E-state index in [1.165, 1.54) is 6.07 Å². The molecule has 2 aromatic rings. The van der Waals surface area contributed by atoms with E-state index in [1.807, 2.05) is 38.1 Å². The van der Waals surface area contributed by atoms with Crippen LogP contribution in [0.2, 0.25) is 0 Å². The molecule has 0 spiro atoms. The molecule has 1 aliphatic rings. The lowest BCUT2D eigenvalue weighted by molar-refractivity contribution is -0.116. The Morgan fingerprint density at radius 3 is 2.58 bits per heavy atom. The summed E-state index contributed by atoms with van der Waals surface area (Å²) in [5, 5.41) is 5.90. The van der Waals surface area contributed by atoms with E-state index in [2.05, 4.69) is 15.0 Å². The first kappa shape index (κ1) is 18.1. The minimum atomic E-state index is -3.69. The number of carbonyl (C=O) groups excluding carboxylic acids is 1. The van der Waals surface area contributed by atoms with Gasteiger partial charge >= 0.3 is 0 Å². The highest BCUT2D eigenvalue weighted by molar-refractivity contribution is 7.90. The summed E-state index contributed by atoms with van der Waals surface area (Å²) >= 11 is 0. The second-order valence-electron chi connectivity index (χ2n) is 6.56. The van der Waals surface area contributed by atoms with Gasteiger partial charge in [-0.3, -0.25) is 4.79 Å². The summed E-state index contributed by atoms with van der Waals surface area (Å²) in [5.74, 6) is 0.188. The number of rotatable bonds is 5. The molecule has 0 bridgehead atoms. The Balaban J connectivity index is 1.61. The number of para-hydroxylation sites is 1. The second kappa shape index (κ2) is 7.29. The summed E-state index contributed by atoms with van der Waals surface area (Å²) < 4.78 is 28.3. The van der Waals surface area contributed by atoms with Gasteiger partial charge < -0.3 is 10.6 Å². The third-order valence-corrected chi connectivity index (χ3v) is 5.46. The zero-order chi connectivity index (χ0) is 18.7. The van der Waals surface area contributed by atoms with Gasteiger partial charge in [-0.05, 0) is 37.1 Å². The van der Waals surface area contributed by atoms with Gasteiger partial charge in [-0.25, -0.2) is 0 Å². The van der Waals surface area contributed by atoms with Crippen molar-refractivity contribution in [3.05, 3.63) is 54.1 Å². The Morgan fingerprint density at radius 1 is 1.15 bits per heavy atom. The van der Waals surface area contributed by atoms with Gasteiger partial charge in [0, 0.05) is 18.5 Å². The Morgan fingerprint density at radius 2 is 1.85 bits per heavy atom. The number of fused-ring (bicyclic) bond motifs is 1. The van der Waals surface area contributed by atoms with E-state index in [0.29, 0.717) is 17.9 Å². The number of nitrogens with zero attached hydrogens (tertiary/aromatic N) is 1. The fraction of sp³-hybridized carbons (Fsp3) is 0.263. The maximum absolute atomic E-state index is 12.2. The molecule has 136 valence electrons. The van der Waals surface area contributed by atoms with Gasteiger partial charge in [-0.1, -0.05) is 36.8 Å². The Labute approximate surface area is 153 Å². The maximum Gasteiger partial charge on any atom is 0.286 e. The lowest BCUT2D eigenvalue weighted by atomic mass is 10.0. The summed E-state index contributed by atoms with van der Waals surface area (Å²) in [7, 11) is -3.69. The van der Waals surface area contributed by atoms with Crippen LogP contribution in [0.15, 0.2) is 57.8 Å². The van der Waals surface area contributed by atoms with Crippen LogP contribution in [0, 0.1) is 12.8 Å². The monoisotopic (exact) mass is 371 g/mol. The third-order valence-electron chi connectivity index (χ3n) is 4.09. The van der Waals surface area contributed by atoms with Gasteiger partial charge in [0.05, 0.1) is 5.69 Å². The van der Waals surface area contributed by atoms with Crippen LogP contribution >= 0.6 is 0 Å². The van der Waals surface area contributed by atoms with Crippen LogP contribution in [0.3, 0.4) is 0 Å². The molecule has 1 atom stereocenters. The number of carbonyl (C=O) groups is 1. The van der Waals surface area contributed by atoms with Crippen molar-refractivity contribution in [1.82, 2.24) is 0 Å². The largest absolute Gasteiger partial charge is 0.342 e. The highest BCUT2D eigenvalue weighted by atomic mass is 32.2. The van der Waals surface area contributed by atoms with Crippen molar-refractivity contribution in [2.24, 2.45) is 10.3 Å². The fourth-order valence-corrected chi connectivity index (χ4v) is 3.98. The van der Waals surface area contributed by atoms with Crippen molar-refractivity contribution in [3.8, 4) is 0 Å². The molecule has 0 unspecified atom stereocenters. The Bertz CT molecular complexity index is 950. The molecular weight excluding hydrogens is 350 g/mol. The highest BCUT2D eigenvalue weighted by Gasteiger charge is 2.25. The molecule has 26 heavy (non-hydrogen) atoms. The van der Waals surface area contributed by atoms with Gasteiger partial charge in [0.1, 0.15) is 10.7 Å². The van der Waals surface area contributed by atoms with Gasteiger partial charge in [0.15, 0.2) is 0 Å². The van der Waals surface area contributed by atoms with Crippen molar-refractivity contribution in [1.29, 1.82) is 0 Å². The summed E-state index contributed by atoms with van der Waals surface area (Å²) in [6.45, 7) is 3.88. The second-order valence-corrected chi connectivity index (χ2v) is 8.13. The predicted octanol–water partition coefficient (Wildman–Crippen LogP) is 3.56. The number of amides is 1. The van der Waals surface area contributed by atoms with E-state index in [9.17, 15) is 13.2 Å². The van der Waals surface area contributed by atoms with Crippen molar-refractivity contribution in [2.75, 3.05) is 10.6 Å². The van der Waals surface area contributed by atoms with Gasteiger partial charge in [0.2, 0.25) is 5.91 Å². The smallest absolute Gasteiger partial charge is 0.286 e. The Kier molecular flexibility index (Phi) is 5.08. The number of aryl methyl sites for hydroxylation is 1. The molecule has 2 aromatic carbocycles. The van der Waals surface area contributed by atoms with Gasteiger partial charge in [0.25, 0.3) is 10.0 Å². The average molecular weight is 371 g/mol. The molecule has 0 saturated carbocycles. The van der Waals surface area contributed by atoms with Gasteiger partial charge in [-0.15, -0.1) is 4.40 Å². The van der Waals surface area contributed by atoms with Crippen LogP contribution in [-0.4, -0.2) is 20.2 Å². The minimum absolute atomic E-state index is 0.0628. The molecule has 0 fully saturated rings. The van der Waals surface area contributed by atoms with Crippen LogP contribution in [0.25, 0.3) is 0 Å². The number of nitrogens with one attached hydrogen (secondary N) is 2. The molecule has 2 N–H and O–H groups in total. The molecule has 0 saturated heterocycles. The standard InChI is InChI=1S/C19H21N3O3S/c1-13-7-9-15(10-8-13)20-19(23)12-14(2)11-18-21-16-5-3-4-6-17(16)26(24,25)22-18/h3-10,14H,11-12H2,1-2H3,(H,20,23)(H,21,22)/t14-/m1/s1. The number of benzene rings is 2. The summed E-state index contributed by atoms with van der Waals surface area (Å²) in [6.07, 6.45) is 0.644. The molecule has 3 rings (SSSR count). The van der Waals surface area contributed by atoms with E-state index in [-0.39, 0.29) is 23.1 Å². The molecule has 1 aliphatic heterocycles. The number of hydrogen-bond acceptors (Lipinski definition) is 4. The van der Waals surface area contributed by atoms with E-state index in [4.69, 9.17) is 0 Å². The molecule has 1 amide bonds. The normalized spacial score (nSPS) is 16.0. The lowest BCUT2D eigenvalue weighted by Crippen LogP contribution is -2.25. The zero-order valence-electron chi connectivity index (χ0n) is 14.7. The van der Waals surface area contributed by atoms with Crippen LogP contribution in [0.5, 0.6) is 0 Å². The molecule has 0 aliphatic carbocycles. The topological polar surface area (TPSA) is 87.6 Å². The summed E-state index contributed by atoms with van der Waals surface area (Å²) in [6, 6.07) is 14.2. The summed E-state index contributed by atoms with van der Waals surface area (Å²) in [5.41, 5.74) is 2.39. The fourth-order valence-electron chi connectivity index (χ4n) is 2.82. The molecule has 6 nitrogen and oxygen atoms in total. The van der Waals surface area contributed by atoms with E-state index < -0.39 is 10.0 Å². The number of anilines is 2. The van der Waals surface area contributed by atoms with Crippen LogP contribution in [0.1, 0.15) is 25.3 Å². The van der Waals surface area contributed by atoms with E-state index >= 15 is 0 Å². The highest BCUT2D eigenvalue weighted by Crippen LogP contribution is 2.28. The predicted molar refractivity (Wildman–Crippen MR) is 103 cm³/mol. The Hall–Kier alpha value is -2.67. The first-order valence-electron chi connectivity index (χ1n) is 8.40. The van der Waals surface area contributed by atoms with Crippen molar-refractivity contribution >= 4 is 33.1 Å². The molecule has 7 heteroatoms. The minimum Gasteiger partial charge on any atom is -0.342 e. The SMILES string of the molecule is Cc1ccc(NC(=O)C[C@H](C)CC2=NS(=O)(=O)c3ccccc3N2)cc1. The quantitative estimate of drug-likeness (QED) is 0.841. The van der Waals surface area contributed by atoms with Gasteiger partial charge in [-0.2, -0.15) is 8.42 Å². The molecule has 0 radical (unpaired) electrons. The van der Waals surface area contributed by atoms with Crippen LogP contribution in [0.4, 0.5) is 11.4 Å². The first-order valence-corrected chi connectivity index (χ1v) is 9.84. The average Bonchev–Trinajstić information content (AvgIpc) is 2.56. The van der Waals surface area contributed by atoms with Crippen LogP contribution < -0.4 is 10.6 Å². The first-order chi connectivity index (χ1) is 12.3. The van der Waals surface area contributed by atoms with Crippen molar-refractivity contribution < 1.29 is 13.2 Å². The van der Waals surface area contributed by atoms with E-state index in [1.54, 1.807) is 18.2 Å². The van der Waals surface area contributed by atoms with Crippen molar-refractivity contribution in [3.63, 3.8) is 0 Å². The maximum atomic E-state index is 12.2. The number of amidine groups is 1. The molecule has 1 heterocycles. The zero-order valence-corrected chi connectivity index (χ0v) is 15.5. The van der Waals surface area contributed by atoms with E-state index in [0.717, 1.165) is 11.3 Å². The van der Waals surface area contributed by atoms with Crippen molar-refractivity contribution in [2.45, 2.75) is 31.6 Å². The number of hydrogen-bond donors (Lipinski definition) is 2. The third kappa shape index (κ3) is 4.29. The molecular formula is C19H21N3O3S. The number of sulfonamides is 1. The lowest BCUT2D eigenvalue weighted by Gasteiger charge is -2.20. The molecule has 0 aromatic heterocycles. The van der Waals surface area contributed by atoms with Crippen LogP contribution in [-0.2, 0) is 14.8 Å². The summed E-state index contributed by atoms with van der Waals surface area (Å²) in [4.78, 5) is 12.4.